The summed E-state index contributed by atoms with van der Waals surface area (Å²) < 4.78 is 25.6. The number of hydrogen-bond donors (Lipinski definition) is 3. The van der Waals surface area contributed by atoms with E-state index in [0.717, 1.165) is 0 Å². The molecule has 0 aromatic heterocycles. The van der Waals surface area contributed by atoms with Crippen LogP contribution in [0.3, 0.4) is 0 Å². The molecule has 0 saturated heterocycles. The molecule has 0 aliphatic heterocycles. The Balaban J connectivity index is 4.52. The topological polar surface area (TPSA) is 101 Å². The molecule has 16 heavy (non-hydrogen) atoms. The van der Waals surface area contributed by atoms with Crippen molar-refractivity contribution in [3.05, 3.63) is 0 Å². The maximum atomic E-state index is 11.6. The third kappa shape index (κ3) is 4.07. The fourth-order valence-electron chi connectivity index (χ4n) is 0.969. The van der Waals surface area contributed by atoms with Gasteiger partial charge in [0.1, 0.15) is 0 Å². The van der Waals surface area contributed by atoms with Gasteiger partial charge in [-0.2, -0.15) is 0 Å². The number of amides is 1. The Morgan fingerprint density at radius 2 is 1.94 bits per heavy atom. The van der Waals surface area contributed by atoms with E-state index in [1.807, 2.05) is 0 Å². The SMILES string of the molecule is CNC(=O)C(C)(C)CNS(=O)(=O)C(C)CN. The Hall–Kier alpha value is -0.660. The minimum Gasteiger partial charge on any atom is -0.359 e. The van der Waals surface area contributed by atoms with Crippen LogP contribution in [0.5, 0.6) is 0 Å². The number of nitrogens with two attached hydrogens (primary N) is 1. The molecule has 1 atom stereocenters. The lowest BCUT2D eigenvalue weighted by atomic mass is 9.93. The van der Waals surface area contributed by atoms with Crippen LogP contribution >= 0.6 is 0 Å². The van der Waals surface area contributed by atoms with Gasteiger partial charge in [-0.15, -0.1) is 0 Å². The smallest absolute Gasteiger partial charge is 0.226 e. The summed E-state index contributed by atoms with van der Waals surface area (Å²) in [5, 5.41) is 1.83. The van der Waals surface area contributed by atoms with Crippen molar-refractivity contribution < 1.29 is 13.2 Å². The number of carbonyl (C=O) groups excluding carboxylic acids is 1. The summed E-state index contributed by atoms with van der Waals surface area (Å²) in [6.45, 7) is 4.97. The molecular weight excluding hydrogens is 230 g/mol. The first-order valence-corrected chi connectivity index (χ1v) is 6.62. The molecule has 7 heteroatoms. The van der Waals surface area contributed by atoms with Crippen molar-refractivity contribution in [3.8, 4) is 0 Å². The first kappa shape index (κ1) is 15.3. The number of carbonyl (C=O) groups is 1. The summed E-state index contributed by atoms with van der Waals surface area (Å²) in [6.07, 6.45) is 0. The van der Waals surface area contributed by atoms with Crippen LogP contribution in [0.4, 0.5) is 0 Å². The normalized spacial score (nSPS) is 14.6. The van der Waals surface area contributed by atoms with E-state index < -0.39 is 20.7 Å². The lowest BCUT2D eigenvalue weighted by molar-refractivity contribution is -0.128. The molecular formula is C9H21N3O3S. The van der Waals surface area contributed by atoms with Gasteiger partial charge in [0, 0.05) is 20.1 Å². The number of hydrogen-bond acceptors (Lipinski definition) is 4. The quantitative estimate of drug-likeness (QED) is 0.565. The fraction of sp³-hybridized carbons (Fsp3) is 0.889. The van der Waals surface area contributed by atoms with Gasteiger partial charge in [0.2, 0.25) is 15.9 Å². The largest absolute Gasteiger partial charge is 0.359 e. The highest BCUT2D eigenvalue weighted by molar-refractivity contribution is 7.90. The van der Waals surface area contributed by atoms with Gasteiger partial charge in [0.25, 0.3) is 0 Å². The number of rotatable bonds is 6. The number of nitrogens with one attached hydrogen (secondary N) is 2. The molecule has 0 aromatic rings. The van der Waals surface area contributed by atoms with Crippen molar-refractivity contribution in [2.24, 2.45) is 11.1 Å². The van der Waals surface area contributed by atoms with Gasteiger partial charge in [-0.1, -0.05) is 0 Å². The molecule has 1 unspecified atom stereocenters. The second-order valence-corrected chi connectivity index (χ2v) is 6.56. The minimum absolute atomic E-state index is 0.0513. The Kier molecular flexibility index (Phi) is 5.37. The van der Waals surface area contributed by atoms with E-state index in [-0.39, 0.29) is 19.0 Å². The van der Waals surface area contributed by atoms with Crippen LogP contribution in [0.15, 0.2) is 0 Å². The van der Waals surface area contributed by atoms with Crippen LogP contribution in [0, 0.1) is 5.41 Å². The minimum atomic E-state index is -3.44. The lowest BCUT2D eigenvalue weighted by Crippen LogP contribution is -2.46. The molecule has 0 bridgehead atoms. The average Bonchev–Trinajstić information content (AvgIpc) is 2.24. The molecule has 0 saturated carbocycles. The molecule has 0 aromatic carbocycles. The van der Waals surface area contributed by atoms with Crippen LogP contribution in [0.2, 0.25) is 0 Å². The van der Waals surface area contributed by atoms with Gasteiger partial charge in [0.05, 0.1) is 10.7 Å². The van der Waals surface area contributed by atoms with Crippen LogP contribution in [-0.4, -0.2) is 39.7 Å². The summed E-state index contributed by atoms with van der Waals surface area (Å²) in [5.41, 5.74) is 4.50. The maximum Gasteiger partial charge on any atom is 0.226 e. The molecule has 0 rings (SSSR count). The zero-order valence-electron chi connectivity index (χ0n) is 10.2. The van der Waals surface area contributed by atoms with E-state index >= 15 is 0 Å². The molecule has 0 radical (unpaired) electrons. The zero-order valence-corrected chi connectivity index (χ0v) is 11.0. The number of sulfonamides is 1. The molecule has 0 aliphatic rings. The summed E-state index contributed by atoms with van der Waals surface area (Å²) in [6, 6.07) is 0. The highest BCUT2D eigenvalue weighted by atomic mass is 32.2. The van der Waals surface area contributed by atoms with Crippen LogP contribution in [0.1, 0.15) is 20.8 Å². The molecule has 96 valence electrons. The van der Waals surface area contributed by atoms with Gasteiger partial charge < -0.3 is 11.1 Å². The van der Waals surface area contributed by atoms with E-state index in [0.29, 0.717) is 0 Å². The molecule has 6 nitrogen and oxygen atoms in total. The van der Waals surface area contributed by atoms with Crippen LogP contribution in [-0.2, 0) is 14.8 Å². The van der Waals surface area contributed by atoms with E-state index in [9.17, 15) is 13.2 Å². The average molecular weight is 251 g/mol. The standard InChI is InChI=1S/C9H21N3O3S/c1-7(5-10)16(14,15)12-6-9(2,3)8(13)11-4/h7,12H,5-6,10H2,1-4H3,(H,11,13). The van der Waals surface area contributed by atoms with Crippen molar-refractivity contribution in [1.29, 1.82) is 0 Å². The molecule has 4 N–H and O–H groups in total. The Morgan fingerprint density at radius 1 is 1.44 bits per heavy atom. The Morgan fingerprint density at radius 3 is 2.31 bits per heavy atom. The summed E-state index contributed by atoms with van der Waals surface area (Å²) in [7, 11) is -1.93. The van der Waals surface area contributed by atoms with E-state index in [2.05, 4.69) is 10.0 Å². The molecule has 1 amide bonds. The van der Waals surface area contributed by atoms with Crippen molar-refractivity contribution in [2.75, 3.05) is 20.1 Å². The fourth-order valence-corrected chi connectivity index (χ4v) is 2.07. The van der Waals surface area contributed by atoms with Crippen molar-refractivity contribution in [3.63, 3.8) is 0 Å². The molecule has 0 spiro atoms. The van der Waals surface area contributed by atoms with Gasteiger partial charge >= 0.3 is 0 Å². The van der Waals surface area contributed by atoms with Gasteiger partial charge in [-0.25, -0.2) is 13.1 Å². The van der Waals surface area contributed by atoms with E-state index in [4.69, 9.17) is 5.73 Å². The van der Waals surface area contributed by atoms with Crippen molar-refractivity contribution in [1.82, 2.24) is 10.0 Å². The van der Waals surface area contributed by atoms with E-state index in [1.165, 1.54) is 14.0 Å². The zero-order chi connectivity index (χ0) is 13.0. The summed E-state index contributed by atoms with van der Waals surface area (Å²) >= 11 is 0. The maximum absolute atomic E-state index is 11.6. The molecule has 0 heterocycles. The highest BCUT2D eigenvalue weighted by Gasteiger charge is 2.29. The van der Waals surface area contributed by atoms with Crippen LogP contribution in [0.25, 0.3) is 0 Å². The summed E-state index contributed by atoms with van der Waals surface area (Å²) in [5.74, 6) is -0.212. The second kappa shape index (κ2) is 5.60. The molecule has 0 aliphatic carbocycles. The summed E-state index contributed by atoms with van der Waals surface area (Å²) in [4.78, 5) is 11.4. The first-order valence-electron chi connectivity index (χ1n) is 5.08. The second-order valence-electron chi connectivity index (χ2n) is 4.38. The third-order valence-corrected chi connectivity index (χ3v) is 4.22. The van der Waals surface area contributed by atoms with Crippen molar-refractivity contribution >= 4 is 15.9 Å². The Labute approximate surface area is 97.0 Å². The highest BCUT2D eigenvalue weighted by Crippen LogP contribution is 2.14. The Bertz CT molecular complexity index is 338. The van der Waals surface area contributed by atoms with Gasteiger partial charge in [0.15, 0.2) is 0 Å². The van der Waals surface area contributed by atoms with E-state index in [1.54, 1.807) is 13.8 Å². The third-order valence-electron chi connectivity index (χ3n) is 2.42. The van der Waals surface area contributed by atoms with Gasteiger partial charge in [-0.3, -0.25) is 4.79 Å². The lowest BCUT2D eigenvalue weighted by Gasteiger charge is -2.23. The molecule has 0 fully saturated rings. The first-order chi connectivity index (χ1) is 7.17. The van der Waals surface area contributed by atoms with Crippen molar-refractivity contribution in [2.45, 2.75) is 26.0 Å². The van der Waals surface area contributed by atoms with Gasteiger partial charge in [-0.05, 0) is 20.8 Å². The monoisotopic (exact) mass is 251 g/mol. The predicted molar refractivity (Wildman–Crippen MR) is 63.3 cm³/mol. The van der Waals surface area contributed by atoms with Crippen LogP contribution < -0.4 is 15.8 Å². The predicted octanol–water partition coefficient (Wildman–Crippen LogP) is -0.975.